The Balaban J connectivity index is 1.24. The maximum Gasteiger partial charge on any atom is 0.230 e. The van der Waals surface area contributed by atoms with Crippen molar-refractivity contribution in [2.45, 2.75) is 56.8 Å². The van der Waals surface area contributed by atoms with Gasteiger partial charge in [-0.15, -0.1) is 0 Å². The van der Waals surface area contributed by atoms with Gasteiger partial charge in [-0.3, -0.25) is 9.59 Å². The van der Waals surface area contributed by atoms with E-state index in [4.69, 9.17) is 9.47 Å². The first kappa shape index (κ1) is 19.6. The van der Waals surface area contributed by atoms with Gasteiger partial charge < -0.3 is 19.7 Å². The topological polar surface area (TPSA) is 67.9 Å². The zero-order chi connectivity index (χ0) is 20.9. The van der Waals surface area contributed by atoms with E-state index in [0.29, 0.717) is 19.1 Å². The molecule has 1 N–H and O–H groups in total. The van der Waals surface area contributed by atoms with Crippen molar-refractivity contribution in [2.24, 2.45) is 11.8 Å². The number of carbonyl (C=O) groups is 2. The number of nitrogens with zero attached hydrogens (tertiary/aromatic N) is 1. The maximum absolute atomic E-state index is 13.3. The molecule has 30 heavy (non-hydrogen) atoms. The molecule has 0 unspecified atom stereocenters. The molecular weight excluding hydrogens is 380 g/mol. The second kappa shape index (κ2) is 7.41. The lowest BCUT2D eigenvalue weighted by Gasteiger charge is -2.27. The van der Waals surface area contributed by atoms with Gasteiger partial charge in [0, 0.05) is 12.6 Å². The highest BCUT2D eigenvalue weighted by Gasteiger charge is 2.67. The summed E-state index contributed by atoms with van der Waals surface area (Å²) in [6.45, 7) is 3.15. The lowest BCUT2D eigenvalue weighted by Crippen LogP contribution is -2.45. The standard InChI is InChI=1S/C24H30N2O4/c1-15-13-16(7-8-18(15)29-2)10-12-25-22(27)20-19-9-11-24(30-19)14-26(23(28)21(20)24)17-5-3-4-6-17/h7-9,11,13,17,19-21H,3-6,10,12,14H2,1-2H3,(H,25,27)/t19-,20-,21-,24+/m1/s1. The lowest BCUT2D eigenvalue weighted by atomic mass is 9.77. The van der Waals surface area contributed by atoms with Gasteiger partial charge in [0.15, 0.2) is 0 Å². The van der Waals surface area contributed by atoms with Crippen LogP contribution in [0.25, 0.3) is 0 Å². The van der Waals surface area contributed by atoms with E-state index < -0.39 is 11.5 Å². The first-order valence-corrected chi connectivity index (χ1v) is 11.1. The SMILES string of the molecule is COc1ccc(CCNC(=O)[C@@H]2[C@H]3C=C[C@@]4(CN(C5CCCC5)C(=O)[C@@H]24)O3)cc1C. The molecular formula is C24H30N2O4. The number of fused-ring (bicyclic) bond motifs is 1. The number of benzene rings is 1. The third kappa shape index (κ3) is 3.04. The highest BCUT2D eigenvalue weighted by atomic mass is 16.5. The predicted octanol–water partition coefficient (Wildman–Crippen LogP) is 2.39. The van der Waals surface area contributed by atoms with Crippen molar-refractivity contribution in [3.8, 4) is 5.75 Å². The van der Waals surface area contributed by atoms with E-state index in [1.165, 1.54) is 12.8 Å². The Kier molecular flexibility index (Phi) is 4.85. The summed E-state index contributed by atoms with van der Waals surface area (Å²) < 4.78 is 11.5. The van der Waals surface area contributed by atoms with Crippen LogP contribution in [-0.2, 0) is 20.7 Å². The van der Waals surface area contributed by atoms with Gasteiger partial charge in [0.2, 0.25) is 11.8 Å². The monoisotopic (exact) mass is 410 g/mol. The number of likely N-dealkylation sites (tertiary alicyclic amines) is 1. The summed E-state index contributed by atoms with van der Waals surface area (Å²) in [5.74, 6) is 0.108. The molecule has 1 spiro atoms. The molecule has 3 heterocycles. The Morgan fingerprint density at radius 1 is 1.33 bits per heavy atom. The van der Waals surface area contributed by atoms with Gasteiger partial charge in [-0.1, -0.05) is 37.1 Å². The number of hydrogen-bond acceptors (Lipinski definition) is 4. The number of hydrogen-bond donors (Lipinski definition) is 1. The Morgan fingerprint density at radius 3 is 2.87 bits per heavy atom. The van der Waals surface area contributed by atoms with Gasteiger partial charge in [0.1, 0.15) is 11.4 Å². The van der Waals surface area contributed by atoms with Crippen LogP contribution in [0.5, 0.6) is 5.75 Å². The van der Waals surface area contributed by atoms with E-state index in [-0.39, 0.29) is 23.8 Å². The molecule has 1 saturated carbocycles. The van der Waals surface area contributed by atoms with E-state index in [0.717, 1.165) is 36.1 Å². The summed E-state index contributed by atoms with van der Waals surface area (Å²) in [6.07, 6.45) is 8.98. The minimum absolute atomic E-state index is 0.0666. The summed E-state index contributed by atoms with van der Waals surface area (Å²) in [6, 6.07) is 6.38. The van der Waals surface area contributed by atoms with E-state index in [9.17, 15) is 9.59 Å². The molecule has 0 aromatic heterocycles. The molecule has 2 bridgehead atoms. The van der Waals surface area contributed by atoms with Crippen LogP contribution >= 0.6 is 0 Å². The van der Waals surface area contributed by atoms with Crippen LogP contribution < -0.4 is 10.1 Å². The molecule has 1 aromatic rings. The van der Waals surface area contributed by atoms with Crippen molar-refractivity contribution in [3.05, 3.63) is 41.5 Å². The molecule has 1 aliphatic carbocycles. The van der Waals surface area contributed by atoms with Crippen LogP contribution in [0.1, 0.15) is 36.8 Å². The number of amides is 2. The van der Waals surface area contributed by atoms with Crippen molar-refractivity contribution >= 4 is 11.8 Å². The molecule has 3 aliphatic heterocycles. The van der Waals surface area contributed by atoms with Gasteiger partial charge in [-0.25, -0.2) is 0 Å². The van der Waals surface area contributed by atoms with Crippen molar-refractivity contribution in [2.75, 3.05) is 20.2 Å². The molecule has 3 fully saturated rings. The molecule has 6 nitrogen and oxygen atoms in total. The molecule has 2 saturated heterocycles. The second-order valence-corrected chi connectivity index (χ2v) is 9.15. The predicted molar refractivity (Wildman–Crippen MR) is 112 cm³/mol. The van der Waals surface area contributed by atoms with Crippen molar-refractivity contribution in [3.63, 3.8) is 0 Å². The van der Waals surface area contributed by atoms with Gasteiger partial charge >= 0.3 is 0 Å². The van der Waals surface area contributed by atoms with Crippen molar-refractivity contribution in [1.29, 1.82) is 0 Å². The fraction of sp³-hybridized carbons (Fsp3) is 0.583. The molecule has 5 rings (SSSR count). The lowest BCUT2D eigenvalue weighted by molar-refractivity contribution is -0.138. The molecule has 4 aliphatic rings. The van der Waals surface area contributed by atoms with E-state index in [2.05, 4.69) is 11.4 Å². The summed E-state index contributed by atoms with van der Waals surface area (Å²) in [7, 11) is 1.67. The largest absolute Gasteiger partial charge is 0.496 e. The minimum atomic E-state index is -0.598. The third-order valence-corrected chi connectivity index (χ3v) is 7.37. The molecule has 4 atom stereocenters. The fourth-order valence-electron chi connectivity index (χ4n) is 5.90. The molecule has 1 aromatic carbocycles. The van der Waals surface area contributed by atoms with Crippen LogP contribution in [-0.4, -0.2) is 54.7 Å². The summed E-state index contributed by atoms with van der Waals surface area (Å²) in [5, 5.41) is 3.07. The zero-order valence-electron chi connectivity index (χ0n) is 17.7. The number of ether oxygens (including phenoxy) is 2. The molecule has 2 amide bonds. The Morgan fingerprint density at radius 2 is 2.13 bits per heavy atom. The average molecular weight is 411 g/mol. The number of rotatable bonds is 6. The number of nitrogens with one attached hydrogen (secondary N) is 1. The number of methoxy groups -OCH3 is 1. The molecule has 160 valence electrons. The number of aryl methyl sites for hydroxylation is 1. The van der Waals surface area contributed by atoms with Crippen LogP contribution in [0.2, 0.25) is 0 Å². The van der Waals surface area contributed by atoms with Gasteiger partial charge in [0.25, 0.3) is 0 Å². The van der Waals surface area contributed by atoms with Gasteiger partial charge in [-0.05, 0) is 43.4 Å². The third-order valence-electron chi connectivity index (χ3n) is 7.37. The fourth-order valence-corrected chi connectivity index (χ4v) is 5.90. The Labute approximate surface area is 177 Å². The zero-order valence-corrected chi connectivity index (χ0v) is 17.7. The summed E-state index contributed by atoms with van der Waals surface area (Å²) in [4.78, 5) is 28.4. The average Bonchev–Trinajstić information content (AvgIpc) is 3.50. The van der Waals surface area contributed by atoms with Crippen molar-refractivity contribution < 1.29 is 19.1 Å². The van der Waals surface area contributed by atoms with Gasteiger partial charge in [-0.2, -0.15) is 0 Å². The second-order valence-electron chi connectivity index (χ2n) is 9.15. The molecule has 0 radical (unpaired) electrons. The number of carbonyl (C=O) groups excluding carboxylic acids is 2. The smallest absolute Gasteiger partial charge is 0.230 e. The summed E-state index contributed by atoms with van der Waals surface area (Å²) in [5.41, 5.74) is 1.64. The van der Waals surface area contributed by atoms with Crippen LogP contribution in [0.15, 0.2) is 30.4 Å². The van der Waals surface area contributed by atoms with Crippen LogP contribution in [0, 0.1) is 18.8 Å². The Bertz CT molecular complexity index is 891. The maximum atomic E-state index is 13.3. The van der Waals surface area contributed by atoms with E-state index >= 15 is 0 Å². The van der Waals surface area contributed by atoms with Crippen LogP contribution in [0.4, 0.5) is 0 Å². The van der Waals surface area contributed by atoms with E-state index in [1.54, 1.807) is 7.11 Å². The Hall–Kier alpha value is -2.34. The first-order valence-electron chi connectivity index (χ1n) is 11.1. The highest BCUT2D eigenvalue weighted by molar-refractivity contribution is 5.93. The van der Waals surface area contributed by atoms with Gasteiger partial charge in [0.05, 0.1) is 31.6 Å². The first-order chi connectivity index (χ1) is 14.5. The highest BCUT2D eigenvalue weighted by Crippen LogP contribution is 2.52. The summed E-state index contributed by atoms with van der Waals surface area (Å²) >= 11 is 0. The van der Waals surface area contributed by atoms with Crippen molar-refractivity contribution in [1.82, 2.24) is 10.2 Å². The minimum Gasteiger partial charge on any atom is -0.496 e. The van der Waals surface area contributed by atoms with E-state index in [1.807, 2.05) is 36.1 Å². The van der Waals surface area contributed by atoms with Crippen LogP contribution in [0.3, 0.4) is 0 Å². The normalized spacial score (nSPS) is 32.1. The molecule has 6 heteroatoms. The quantitative estimate of drug-likeness (QED) is 0.732.